The Morgan fingerprint density at radius 2 is 2.57 bits per heavy atom. The third-order valence-electron chi connectivity index (χ3n) is 1.44. The zero-order valence-corrected chi connectivity index (χ0v) is 8.62. The van der Waals surface area contributed by atoms with Gasteiger partial charge in [0.25, 0.3) is 0 Å². The molecule has 7 heteroatoms. The number of carbonyl (C=O) groups excluding carboxylic acids is 1. The van der Waals surface area contributed by atoms with Gasteiger partial charge in [-0.3, -0.25) is 4.79 Å². The number of aliphatic hydroxyl groups excluding tert-OH is 1. The molecule has 0 aliphatic carbocycles. The Labute approximate surface area is 85.7 Å². The molecule has 1 rings (SSSR count). The smallest absolute Gasteiger partial charge is 0.230 e. The van der Waals surface area contributed by atoms with Crippen molar-refractivity contribution >= 4 is 17.7 Å². The van der Waals surface area contributed by atoms with Gasteiger partial charge in [-0.05, 0) is 0 Å². The number of thioether (sulfide) groups is 1. The first-order chi connectivity index (χ1) is 6.74. The molecule has 0 spiro atoms. The van der Waals surface area contributed by atoms with E-state index in [-0.39, 0.29) is 24.8 Å². The van der Waals surface area contributed by atoms with Gasteiger partial charge in [0.05, 0.1) is 12.4 Å². The summed E-state index contributed by atoms with van der Waals surface area (Å²) < 4.78 is 1.60. The number of hydrogen-bond donors (Lipinski definition) is 2. The molecule has 0 radical (unpaired) electrons. The second kappa shape index (κ2) is 5.61. The molecule has 0 atom stereocenters. The molecule has 1 heterocycles. The van der Waals surface area contributed by atoms with Crippen LogP contribution in [0.5, 0.6) is 0 Å². The van der Waals surface area contributed by atoms with Gasteiger partial charge in [0.15, 0.2) is 5.16 Å². The highest BCUT2D eigenvalue weighted by molar-refractivity contribution is 7.99. The zero-order valence-electron chi connectivity index (χ0n) is 7.80. The van der Waals surface area contributed by atoms with Crippen LogP contribution in [0.1, 0.15) is 0 Å². The number of carbonyl (C=O) groups is 1. The minimum atomic E-state index is -0.118. The monoisotopic (exact) mass is 216 g/mol. The number of nitrogens with zero attached hydrogens (tertiary/aromatic N) is 3. The van der Waals surface area contributed by atoms with E-state index in [4.69, 9.17) is 5.11 Å². The summed E-state index contributed by atoms with van der Waals surface area (Å²) in [5.41, 5.74) is 0. The van der Waals surface area contributed by atoms with Crippen molar-refractivity contribution < 1.29 is 9.90 Å². The molecule has 0 aromatic carbocycles. The second-order valence-electron chi connectivity index (χ2n) is 2.53. The maximum atomic E-state index is 11.1. The van der Waals surface area contributed by atoms with Crippen LogP contribution in [0.2, 0.25) is 0 Å². The van der Waals surface area contributed by atoms with E-state index in [2.05, 4.69) is 15.4 Å². The molecular weight excluding hydrogens is 204 g/mol. The molecule has 0 saturated carbocycles. The van der Waals surface area contributed by atoms with E-state index in [0.717, 1.165) is 0 Å². The van der Waals surface area contributed by atoms with Crippen LogP contribution in [-0.2, 0) is 11.8 Å². The lowest BCUT2D eigenvalue weighted by molar-refractivity contribution is -0.118. The van der Waals surface area contributed by atoms with Crippen LogP contribution in [0.25, 0.3) is 0 Å². The molecule has 14 heavy (non-hydrogen) atoms. The van der Waals surface area contributed by atoms with Gasteiger partial charge in [0.2, 0.25) is 5.91 Å². The SMILES string of the molecule is Cn1ncnc1SCC(=O)NCCO. The van der Waals surface area contributed by atoms with Crippen LogP contribution in [0, 0.1) is 0 Å². The highest BCUT2D eigenvalue weighted by atomic mass is 32.2. The summed E-state index contributed by atoms with van der Waals surface area (Å²) in [6.45, 7) is 0.249. The van der Waals surface area contributed by atoms with Crippen molar-refractivity contribution in [2.75, 3.05) is 18.9 Å². The fourth-order valence-corrected chi connectivity index (χ4v) is 1.51. The number of aromatic nitrogens is 3. The van der Waals surface area contributed by atoms with Crippen LogP contribution >= 0.6 is 11.8 Å². The van der Waals surface area contributed by atoms with E-state index < -0.39 is 0 Å². The average molecular weight is 216 g/mol. The van der Waals surface area contributed by atoms with Gasteiger partial charge in [-0.2, -0.15) is 5.10 Å². The van der Waals surface area contributed by atoms with Crippen molar-refractivity contribution in [2.24, 2.45) is 7.05 Å². The molecule has 2 N–H and O–H groups in total. The first-order valence-corrected chi connectivity index (χ1v) is 5.07. The van der Waals surface area contributed by atoms with E-state index in [0.29, 0.717) is 5.16 Å². The Morgan fingerprint density at radius 3 is 3.14 bits per heavy atom. The molecule has 0 bridgehead atoms. The molecule has 0 aliphatic rings. The maximum Gasteiger partial charge on any atom is 0.230 e. The van der Waals surface area contributed by atoms with Crippen molar-refractivity contribution in [2.45, 2.75) is 5.16 Å². The molecular formula is C7H12N4O2S. The first kappa shape index (κ1) is 11.0. The standard InChI is InChI=1S/C7H12N4O2S/c1-11-7(9-5-10-11)14-4-6(13)8-2-3-12/h5,12H,2-4H2,1H3,(H,8,13). The Bertz CT molecular complexity index is 302. The van der Waals surface area contributed by atoms with E-state index in [9.17, 15) is 4.79 Å². The summed E-state index contributed by atoms with van der Waals surface area (Å²) >= 11 is 1.31. The summed E-state index contributed by atoms with van der Waals surface area (Å²) in [6, 6.07) is 0. The molecule has 78 valence electrons. The highest BCUT2D eigenvalue weighted by Crippen LogP contribution is 2.11. The summed E-state index contributed by atoms with van der Waals surface area (Å²) in [6.07, 6.45) is 1.44. The predicted molar refractivity (Wildman–Crippen MR) is 51.8 cm³/mol. The largest absolute Gasteiger partial charge is 0.395 e. The molecule has 0 unspecified atom stereocenters. The third kappa shape index (κ3) is 3.35. The van der Waals surface area contributed by atoms with Gasteiger partial charge in [0.1, 0.15) is 6.33 Å². The fraction of sp³-hybridized carbons (Fsp3) is 0.571. The third-order valence-corrected chi connectivity index (χ3v) is 2.47. The molecule has 1 amide bonds. The lowest BCUT2D eigenvalue weighted by Crippen LogP contribution is -2.28. The number of hydrogen-bond acceptors (Lipinski definition) is 5. The quantitative estimate of drug-likeness (QED) is 0.618. The van der Waals surface area contributed by atoms with Crippen molar-refractivity contribution in [3.63, 3.8) is 0 Å². The Morgan fingerprint density at radius 1 is 1.79 bits per heavy atom. The predicted octanol–water partition coefficient (Wildman–Crippen LogP) is -0.984. The van der Waals surface area contributed by atoms with Crippen LogP contribution in [0.15, 0.2) is 11.5 Å². The van der Waals surface area contributed by atoms with Crippen molar-refractivity contribution in [1.29, 1.82) is 0 Å². The van der Waals surface area contributed by atoms with Crippen molar-refractivity contribution in [3.05, 3.63) is 6.33 Å². The van der Waals surface area contributed by atoms with Crippen LogP contribution in [-0.4, -0.2) is 44.7 Å². The van der Waals surface area contributed by atoms with E-state index in [1.54, 1.807) is 11.7 Å². The summed E-state index contributed by atoms with van der Waals surface area (Å²) in [5.74, 6) is 0.166. The van der Waals surface area contributed by atoms with Crippen LogP contribution < -0.4 is 5.32 Å². The minimum absolute atomic E-state index is 0.0413. The van der Waals surface area contributed by atoms with Crippen molar-refractivity contribution in [3.8, 4) is 0 Å². The number of aryl methyl sites for hydroxylation is 1. The molecule has 1 aromatic heterocycles. The van der Waals surface area contributed by atoms with Gasteiger partial charge in [-0.1, -0.05) is 11.8 Å². The van der Waals surface area contributed by atoms with Crippen molar-refractivity contribution in [1.82, 2.24) is 20.1 Å². The van der Waals surface area contributed by atoms with Gasteiger partial charge >= 0.3 is 0 Å². The Kier molecular flexibility index (Phi) is 4.41. The number of rotatable bonds is 5. The highest BCUT2D eigenvalue weighted by Gasteiger charge is 2.05. The first-order valence-electron chi connectivity index (χ1n) is 4.08. The van der Waals surface area contributed by atoms with Crippen LogP contribution in [0.4, 0.5) is 0 Å². The Balaban J connectivity index is 2.27. The molecule has 0 saturated heterocycles. The number of aliphatic hydroxyl groups is 1. The van der Waals surface area contributed by atoms with E-state index in [1.165, 1.54) is 18.1 Å². The minimum Gasteiger partial charge on any atom is -0.395 e. The average Bonchev–Trinajstić information content (AvgIpc) is 2.58. The van der Waals surface area contributed by atoms with Gasteiger partial charge in [-0.25, -0.2) is 9.67 Å². The lowest BCUT2D eigenvalue weighted by Gasteiger charge is -2.01. The number of amides is 1. The zero-order chi connectivity index (χ0) is 10.4. The summed E-state index contributed by atoms with van der Waals surface area (Å²) in [4.78, 5) is 15.1. The summed E-state index contributed by atoms with van der Waals surface area (Å²) in [7, 11) is 1.76. The van der Waals surface area contributed by atoms with Crippen LogP contribution in [0.3, 0.4) is 0 Å². The topological polar surface area (TPSA) is 80.0 Å². The lowest BCUT2D eigenvalue weighted by atomic mass is 10.6. The van der Waals surface area contributed by atoms with E-state index >= 15 is 0 Å². The normalized spacial score (nSPS) is 10.1. The summed E-state index contributed by atoms with van der Waals surface area (Å²) in [5, 5.41) is 15.6. The maximum absolute atomic E-state index is 11.1. The van der Waals surface area contributed by atoms with Gasteiger partial charge < -0.3 is 10.4 Å². The molecule has 0 fully saturated rings. The van der Waals surface area contributed by atoms with Gasteiger partial charge in [-0.15, -0.1) is 0 Å². The fourth-order valence-electron chi connectivity index (χ4n) is 0.793. The molecule has 6 nitrogen and oxygen atoms in total. The Hall–Kier alpha value is -1.08. The van der Waals surface area contributed by atoms with E-state index in [1.807, 2.05) is 0 Å². The molecule has 1 aromatic rings. The number of nitrogens with one attached hydrogen (secondary N) is 1. The second-order valence-corrected chi connectivity index (χ2v) is 3.47. The molecule has 0 aliphatic heterocycles. The van der Waals surface area contributed by atoms with Gasteiger partial charge in [0, 0.05) is 13.6 Å².